The molecule has 1 heterocycles. The predicted molar refractivity (Wildman–Crippen MR) is 118 cm³/mol. The molecule has 0 saturated heterocycles. The highest BCUT2D eigenvalue weighted by Gasteiger charge is 2.26. The molecule has 31 heavy (non-hydrogen) atoms. The zero-order valence-electron chi connectivity index (χ0n) is 17.3. The van der Waals surface area contributed by atoms with Crippen molar-refractivity contribution >= 4 is 17.3 Å². The lowest BCUT2D eigenvalue weighted by Gasteiger charge is -2.14. The van der Waals surface area contributed by atoms with Gasteiger partial charge < -0.3 is 15.2 Å². The van der Waals surface area contributed by atoms with Gasteiger partial charge in [0.15, 0.2) is 5.01 Å². The quantitative estimate of drug-likeness (QED) is 0.574. The monoisotopic (exact) mass is 434 g/mol. The number of rotatable bonds is 7. The van der Waals surface area contributed by atoms with Gasteiger partial charge in [-0.3, -0.25) is 4.79 Å². The molecule has 0 amide bonds. The van der Waals surface area contributed by atoms with E-state index in [4.69, 9.17) is 9.84 Å². The van der Waals surface area contributed by atoms with Crippen LogP contribution in [0.4, 0.5) is 0 Å². The summed E-state index contributed by atoms with van der Waals surface area (Å²) in [7, 11) is 0. The first-order chi connectivity index (χ1) is 15.0. The largest absolute Gasteiger partial charge is 0.489 e. The van der Waals surface area contributed by atoms with Crippen LogP contribution in [0.5, 0.6) is 5.75 Å². The zero-order valence-corrected chi connectivity index (χ0v) is 18.1. The van der Waals surface area contributed by atoms with Gasteiger partial charge in [0, 0.05) is 11.6 Å². The molecule has 1 aromatic heterocycles. The molecule has 0 spiro atoms. The number of carbonyl (C=O) groups is 1. The number of benzene rings is 2. The van der Waals surface area contributed by atoms with Gasteiger partial charge in [0.2, 0.25) is 0 Å². The van der Waals surface area contributed by atoms with Gasteiger partial charge in [-0.25, -0.2) is 0 Å². The first-order valence-electron chi connectivity index (χ1n) is 10.1. The van der Waals surface area contributed by atoms with Gasteiger partial charge in [-0.2, -0.15) is 5.26 Å². The molecule has 0 radical (unpaired) electrons. The minimum Gasteiger partial charge on any atom is -0.489 e. The van der Waals surface area contributed by atoms with Crippen molar-refractivity contribution in [2.75, 3.05) is 6.54 Å². The molecule has 1 aliphatic rings. The fourth-order valence-electron chi connectivity index (χ4n) is 3.87. The summed E-state index contributed by atoms with van der Waals surface area (Å²) in [6, 6.07) is 13.7. The van der Waals surface area contributed by atoms with E-state index < -0.39 is 5.97 Å². The molecule has 0 bridgehead atoms. The Labute approximate surface area is 184 Å². The van der Waals surface area contributed by atoms with Crippen LogP contribution in [0.3, 0.4) is 0 Å². The number of nitrogens with zero attached hydrogens (tertiary/aromatic N) is 3. The molecule has 4 rings (SSSR count). The molecular formula is C23H22N4O3S. The van der Waals surface area contributed by atoms with Crippen molar-refractivity contribution in [1.82, 2.24) is 15.5 Å². The van der Waals surface area contributed by atoms with E-state index in [0.29, 0.717) is 16.3 Å². The average Bonchev–Trinajstić information content (AvgIpc) is 3.39. The second-order valence-electron chi connectivity index (χ2n) is 7.61. The van der Waals surface area contributed by atoms with Crippen molar-refractivity contribution in [3.8, 4) is 33.0 Å². The van der Waals surface area contributed by atoms with Crippen LogP contribution in [0, 0.1) is 11.3 Å². The number of para-hydroxylation sites is 1. The highest BCUT2D eigenvalue weighted by atomic mass is 32.1. The predicted octanol–water partition coefficient (Wildman–Crippen LogP) is 4.19. The van der Waals surface area contributed by atoms with Gasteiger partial charge in [0.25, 0.3) is 0 Å². The lowest BCUT2D eigenvalue weighted by Crippen LogP contribution is -2.25. The van der Waals surface area contributed by atoms with Gasteiger partial charge in [0.05, 0.1) is 23.8 Å². The molecule has 8 heteroatoms. The van der Waals surface area contributed by atoms with Crippen LogP contribution < -0.4 is 10.1 Å². The summed E-state index contributed by atoms with van der Waals surface area (Å²) in [5, 5.41) is 31.9. The van der Waals surface area contributed by atoms with Crippen LogP contribution >= 0.6 is 11.3 Å². The van der Waals surface area contributed by atoms with Crippen molar-refractivity contribution in [2.24, 2.45) is 0 Å². The van der Waals surface area contributed by atoms with Gasteiger partial charge in [-0.1, -0.05) is 35.6 Å². The Bertz CT molecular complexity index is 1170. The standard InChI is InChI=1S/C23H22N4O3S/c1-13(2)30-21-14(11-24)5-3-8-18(21)23-27-26-22(31-23)17-7-4-6-16-15(17)9-10-19(16)25-12-20(28)29/h3-8,13,19,25H,9-10,12H2,1-2H3,(H,28,29). The van der Waals surface area contributed by atoms with Crippen molar-refractivity contribution in [3.63, 3.8) is 0 Å². The number of hydrogen-bond acceptors (Lipinski definition) is 7. The average molecular weight is 435 g/mol. The molecule has 1 aliphatic carbocycles. The SMILES string of the molecule is CC(C)Oc1c(C#N)cccc1-c1nnc(-c2cccc3c2CCC3NCC(=O)O)s1. The highest BCUT2D eigenvalue weighted by Crippen LogP contribution is 2.41. The number of carboxylic acid groups (broad SMARTS) is 1. The Kier molecular flexibility index (Phi) is 5.98. The summed E-state index contributed by atoms with van der Waals surface area (Å²) in [5.74, 6) is -0.337. The summed E-state index contributed by atoms with van der Waals surface area (Å²) in [4.78, 5) is 10.9. The maximum absolute atomic E-state index is 10.9. The molecule has 0 saturated carbocycles. The molecule has 0 fully saturated rings. The van der Waals surface area contributed by atoms with E-state index in [9.17, 15) is 10.1 Å². The Balaban J connectivity index is 1.69. The van der Waals surface area contributed by atoms with Crippen molar-refractivity contribution in [2.45, 2.75) is 38.8 Å². The van der Waals surface area contributed by atoms with Crippen LogP contribution in [-0.4, -0.2) is 33.9 Å². The second-order valence-corrected chi connectivity index (χ2v) is 8.59. The Morgan fingerprint density at radius 1 is 1.26 bits per heavy atom. The molecule has 7 nitrogen and oxygen atoms in total. The number of aliphatic carboxylic acids is 1. The van der Waals surface area contributed by atoms with Crippen molar-refractivity contribution < 1.29 is 14.6 Å². The Morgan fingerprint density at radius 3 is 2.68 bits per heavy atom. The molecule has 2 aromatic carbocycles. The van der Waals surface area contributed by atoms with Gasteiger partial charge in [-0.15, -0.1) is 10.2 Å². The maximum Gasteiger partial charge on any atom is 0.317 e. The molecule has 0 aliphatic heterocycles. The van der Waals surface area contributed by atoms with Crippen LogP contribution in [-0.2, 0) is 11.2 Å². The number of nitriles is 1. The lowest BCUT2D eigenvalue weighted by molar-refractivity contribution is -0.136. The van der Waals surface area contributed by atoms with E-state index in [1.165, 1.54) is 16.9 Å². The summed E-state index contributed by atoms with van der Waals surface area (Å²) < 4.78 is 5.93. The van der Waals surface area contributed by atoms with E-state index in [-0.39, 0.29) is 18.7 Å². The normalized spacial score (nSPS) is 15.0. The number of nitrogens with one attached hydrogen (secondary N) is 1. The molecular weight excluding hydrogens is 412 g/mol. The molecule has 3 aromatic rings. The Morgan fingerprint density at radius 2 is 1.97 bits per heavy atom. The van der Waals surface area contributed by atoms with Gasteiger partial charge in [0.1, 0.15) is 16.8 Å². The summed E-state index contributed by atoms with van der Waals surface area (Å²) in [6.07, 6.45) is 1.62. The molecule has 2 N–H and O–H groups in total. The minimum absolute atomic E-state index is 0.0248. The highest BCUT2D eigenvalue weighted by molar-refractivity contribution is 7.18. The first kappa shape index (κ1) is 21.0. The summed E-state index contributed by atoms with van der Waals surface area (Å²) in [5.41, 5.74) is 4.54. The number of ether oxygens (including phenoxy) is 1. The molecule has 158 valence electrons. The summed E-state index contributed by atoms with van der Waals surface area (Å²) >= 11 is 1.46. The fourth-order valence-corrected chi connectivity index (χ4v) is 4.79. The number of hydrogen-bond donors (Lipinski definition) is 2. The van der Waals surface area contributed by atoms with E-state index in [1.807, 2.05) is 44.2 Å². The third kappa shape index (κ3) is 4.29. The van der Waals surface area contributed by atoms with Crippen LogP contribution in [0.2, 0.25) is 0 Å². The fraction of sp³-hybridized carbons (Fsp3) is 0.304. The lowest BCUT2D eigenvalue weighted by atomic mass is 10.0. The third-order valence-electron chi connectivity index (χ3n) is 5.15. The molecule has 1 atom stereocenters. The second kappa shape index (κ2) is 8.84. The van der Waals surface area contributed by atoms with Crippen LogP contribution in [0.1, 0.15) is 43.0 Å². The van der Waals surface area contributed by atoms with Crippen molar-refractivity contribution in [3.05, 3.63) is 53.1 Å². The topological polar surface area (TPSA) is 108 Å². The number of fused-ring (bicyclic) bond motifs is 1. The maximum atomic E-state index is 10.9. The smallest absolute Gasteiger partial charge is 0.317 e. The van der Waals surface area contributed by atoms with Crippen molar-refractivity contribution in [1.29, 1.82) is 5.26 Å². The van der Waals surface area contributed by atoms with Gasteiger partial charge >= 0.3 is 5.97 Å². The number of aromatic nitrogens is 2. The first-order valence-corrected chi connectivity index (χ1v) is 10.9. The Hall–Kier alpha value is -3.28. The van der Waals surface area contributed by atoms with Crippen LogP contribution in [0.15, 0.2) is 36.4 Å². The summed E-state index contributed by atoms with van der Waals surface area (Å²) in [6.45, 7) is 3.78. The van der Waals surface area contributed by atoms with Crippen LogP contribution in [0.25, 0.3) is 21.1 Å². The van der Waals surface area contributed by atoms with E-state index in [0.717, 1.165) is 34.5 Å². The molecule has 1 unspecified atom stereocenters. The van der Waals surface area contributed by atoms with E-state index >= 15 is 0 Å². The zero-order chi connectivity index (χ0) is 22.0. The van der Waals surface area contributed by atoms with E-state index in [1.54, 1.807) is 6.07 Å². The number of carboxylic acids is 1. The third-order valence-corrected chi connectivity index (χ3v) is 6.14. The minimum atomic E-state index is -0.864. The van der Waals surface area contributed by atoms with E-state index in [2.05, 4.69) is 21.6 Å². The van der Waals surface area contributed by atoms with Gasteiger partial charge in [-0.05, 0) is 49.9 Å².